The Balaban J connectivity index is 3.15. The molecule has 0 bridgehead atoms. The highest BCUT2D eigenvalue weighted by Crippen LogP contribution is 1.90. The summed E-state index contributed by atoms with van der Waals surface area (Å²) in [5, 5.41) is 3.16. The van der Waals surface area contributed by atoms with Crippen LogP contribution in [-0.4, -0.2) is 64.2 Å². The second-order valence-electron chi connectivity index (χ2n) is 3.92. The second-order valence-corrected chi connectivity index (χ2v) is 3.92. The summed E-state index contributed by atoms with van der Waals surface area (Å²) in [6, 6.07) is 0. The van der Waals surface area contributed by atoms with Crippen LogP contribution in [0.15, 0.2) is 0 Å². The van der Waals surface area contributed by atoms with Gasteiger partial charge in [-0.05, 0) is 67.2 Å². The Bertz CT molecular complexity index is 104. The molecule has 3 nitrogen and oxygen atoms in total. The molecule has 0 aliphatic rings. The van der Waals surface area contributed by atoms with Crippen LogP contribution in [0.3, 0.4) is 0 Å². The van der Waals surface area contributed by atoms with Crippen LogP contribution in [0.25, 0.3) is 0 Å². The maximum atomic E-state index is 3.16. The summed E-state index contributed by atoms with van der Waals surface area (Å²) in [5.41, 5.74) is 0. The molecule has 0 aliphatic carbocycles. The highest BCUT2D eigenvalue weighted by molar-refractivity contribution is 4.54. The normalized spacial score (nSPS) is 11.5. The summed E-state index contributed by atoms with van der Waals surface area (Å²) in [6.07, 6.45) is 2.51. The van der Waals surface area contributed by atoms with Crippen LogP contribution < -0.4 is 5.32 Å². The van der Waals surface area contributed by atoms with E-state index in [1.165, 1.54) is 32.5 Å². The van der Waals surface area contributed by atoms with Gasteiger partial charge in [0.25, 0.3) is 0 Å². The SMILES string of the molecule is CNCCCN(C)CCCN(C)C. The highest BCUT2D eigenvalue weighted by Gasteiger charge is 1.97. The maximum Gasteiger partial charge on any atom is -0.000959 e. The van der Waals surface area contributed by atoms with Crippen LogP contribution >= 0.6 is 0 Å². The molecule has 13 heavy (non-hydrogen) atoms. The predicted octanol–water partition coefficient (Wildman–Crippen LogP) is 0.479. The topological polar surface area (TPSA) is 18.5 Å². The average Bonchev–Trinajstić information content (AvgIpc) is 2.04. The lowest BCUT2D eigenvalue weighted by Crippen LogP contribution is -2.26. The van der Waals surface area contributed by atoms with E-state index in [9.17, 15) is 0 Å². The zero-order valence-corrected chi connectivity index (χ0v) is 9.64. The van der Waals surface area contributed by atoms with E-state index in [2.05, 4.69) is 36.3 Å². The van der Waals surface area contributed by atoms with Gasteiger partial charge in [-0.2, -0.15) is 0 Å². The first-order valence-electron chi connectivity index (χ1n) is 5.14. The lowest BCUT2D eigenvalue weighted by atomic mass is 10.3. The van der Waals surface area contributed by atoms with Crippen molar-refractivity contribution in [2.45, 2.75) is 12.8 Å². The lowest BCUT2D eigenvalue weighted by molar-refractivity contribution is 0.297. The Labute approximate surface area is 83.1 Å². The zero-order valence-electron chi connectivity index (χ0n) is 9.64. The van der Waals surface area contributed by atoms with Crippen molar-refractivity contribution < 1.29 is 0 Å². The number of hydrogen-bond donors (Lipinski definition) is 1. The van der Waals surface area contributed by atoms with Gasteiger partial charge in [-0.25, -0.2) is 0 Å². The lowest BCUT2D eigenvalue weighted by Gasteiger charge is -2.17. The summed E-state index contributed by atoms with van der Waals surface area (Å²) in [5.74, 6) is 0. The Morgan fingerprint density at radius 3 is 2.08 bits per heavy atom. The van der Waals surface area contributed by atoms with Crippen LogP contribution in [0.4, 0.5) is 0 Å². The van der Waals surface area contributed by atoms with Crippen molar-refractivity contribution in [3.63, 3.8) is 0 Å². The van der Waals surface area contributed by atoms with E-state index >= 15 is 0 Å². The van der Waals surface area contributed by atoms with E-state index in [1.807, 2.05) is 7.05 Å². The van der Waals surface area contributed by atoms with E-state index in [-0.39, 0.29) is 0 Å². The smallest absolute Gasteiger partial charge is 0.000959 e. The van der Waals surface area contributed by atoms with Crippen molar-refractivity contribution in [2.75, 3.05) is 54.4 Å². The van der Waals surface area contributed by atoms with Crippen LogP contribution in [0.1, 0.15) is 12.8 Å². The Morgan fingerprint density at radius 1 is 0.923 bits per heavy atom. The molecule has 3 heteroatoms. The molecule has 0 aromatic carbocycles. The molecule has 0 aliphatic heterocycles. The van der Waals surface area contributed by atoms with E-state index in [4.69, 9.17) is 0 Å². The summed E-state index contributed by atoms with van der Waals surface area (Å²) in [7, 11) is 8.46. The molecule has 0 saturated heterocycles. The van der Waals surface area contributed by atoms with E-state index in [0.29, 0.717) is 0 Å². The van der Waals surface area contributed by atoms with Crippen LogP contribution in [0.2, 0.25) is 0 Å². The predicted molar refractivity (Wildman–Crippen MR) is 59.2 cm³/mol. The number of nitrogens with zero attached hydrogens (tertiary/aromatic N) is 2. The molecule has 0 heterocycles. The molecule has 1 N–H and O–H groups in total. The van der Waals surface area contributed by atoms with Gasteiger partial charge in [0, 0.05) is 0 Å². The minimum absolute atomic E-state index is 1.12. The minimum atomic E-state index is 1.12. The summed E-state index contributed by atoms with van der Waals surface area (Å²) < 4.78 is 0. The van der Waals surface area contributed by atoms with Crippen molar-refractivity contribution in [3.05, 3.63) is 0 Å². The molecular weight excluding hydrogens is 162 g/mol. The van der Waals surface area contributed by atoms with Crippen molar-refractivity contribution >= 4 is 0 Å². The standard InChI is InChI=1S/C10H25N3/c1-11-7-5-9-13(4)10-6-8-12(2)3/h11H,5-10H2,1-4H3. The largest absolute Gasteiger partial charge is 0.320 e. The van der Waals surface area contributed by atoms with E-state index in [1.54, 1.807) is 0 Å². The zero-order chi connectivity index (χ0) is 10.1. The van der Waals surface area contributed by atoms with E-state index < -0.39 is 0 Å². The van der Waals surface area contributed by atoms with Crippen molar-refractivity contribution in [1.82, 2.24) is 15.1 Å². The molecule has 0 rings (SSSR count). The highest BCUT2D eigenvalue weighted by atomic mass is 15.1. The Hall–Kier alpha value is -0.120. The molecule has 80 valence electrons. The third kappa shape index (κ3) is 9.80. The van der Waals surface area contributed by atoms with Gasteiger partial charge in [0.1, 0.15) is 0 Å². The van der Waals surface area contributed by atoms with Crippen molar-refractivity contribution in [3.8, 4) is 0 Å². The number of rotatable bonds is 8. The monoisotopic (exact) mass is 187 g/mol. The number of nitrogens with one attached hydrogen (secondary N) is 1. The van der Waals surface area contributed by atoms with Gasteiger partial charge in [-0.15, -0.1) is 0 Å². The van der Waals surface area contributed by atoms with Crippen LogP contribution in [0.5, 0.6) is 0 Å². The van der Waals surface area contributed by atoms with Gasteiger partial charge in [0.2, 0.25) is 0 Å². The van der Waals surface area contributed by atoms with Crippen LogP contribution in [-0.2, 0) is 0 Å². The molecule has 0 atom stereocenters. The van der Waals surface area contributed by atoms with Gasteiger partial charge >= 0.3 is 0 Å². The Kier molecular flexibility index (Phi) is 8.40. The van der Waals surface area contributed by atoms with Gasteiger partial charge < -0.3 is 15.1 Å². The first kappa shape index (κ1) is 12.9. The second kappa shape index (κ2) is 8.48. The fourth-order valence-corrected chi connectivity index (χ4v) is 1.29. The summed E-state index contributed by atoms with van der Waals surface area (Å²) in [6.45, 7) is 4.73. The average molecular weight is 187 g/mol. The molecule has 0 spiro atoms. The molecular formula is C10H25N3. The summed E-state index contributed by atoms with van der Waals surface area (Å²) >= 11 is 0. The first-order valence-corrected chi connectivity index (χ1v) is 5.14. The van der Waals surface area contributed by atoms with Gasteiger partial charge in [0.05, 0.1) is 0 Å². The fourth-order valence-electron chi connectivity index (χ4n) is 1.29. The fraction of sp³-hybridized carbons (Fsp3) is 1.00. The van der Waals surface area contributed by atoms with Crippen LogP contribution in [0, 0.1) is 0 Å². The van der Waals surface area contributed by atoms with Gasteiger partial charge in [0.15, 0.2) is 0 Å². The minimum Gasteiger partial charge on any atom is -0.320 e. The number of hydrogen-bond acceptors (Lipinski definition) is 3. The third-order valence-electron chi connectivity index (χ3n) is 2.11. The van der Waals surface area contributed by atoms with Crippen molar-refractivity contribution in [1.29, 1.82) is 0 Å². The maximum absolute atomic E-state index is 3.16. The molecule has 0 amide bonds. The first-order chi connectivity index (χ1) is 6.16. The molecule has 0 radical (unpaired) electrons. The van der Waals surface area contributed by atoms with Gasteiger partial charge in [-0.1, -0.05) is 0 Å². The Morgan fingerprint density at radius 2 is 1.54 bits per heavy atom. The van der Waals surface area contributed by atoms with E-state index in [0.717, 1.165) is 6.54 Å². The molecule has 0 fully saturated rings. The summed E-state index contributed by atoms with van der Waals surface area (Å²) in [4.78, 5) is 4.64. The third-order valence-corrected chi connectivity index (χ3v) is 2.11. The quantitative estimate of drug-likeness (QED) is 0.558. The molecule has 0 saturated carbocycles. The van der Waals surface area contributed by atoms with Gasteiger partial charge in [-0.3, -0.25) is 0 Å². The molecule has 0 aromatic rings. The van der Waals surface area contributed by atoms with Crippen molar-refractivity contribution in [2.24, 2.45) is 0 Å². The molecule has 0 unspecified atom stereocenters. The molecule has 0 aromatic heterocycles.